The number of carbonyl (C=O) groups excluding carboxylic acids is 2. The van der Waals surface area contributed by atoms with Crippen LogP contribution in [0.25, 0.3) is 0 Å². The Bertz CT molecular complexity index is 888. The molecule has 2 rings (SSSR count). The van der Waals surface area contributed by atoms with Gasteiger partial charge in [0.15, 0.2) is 0 Å². The number of hydrogen-bond donors (Lipinski definition) is 3. The molecule has 0 aromatic heterocycles. The number of carbonyl (C=O) groups is 2. The van der Waals surface area contributed by atoms with Crippen LogP contribution in [0, 0.1) is 10.1 Å². The molecule has 0 aliphatic rings. The lowest BCUT2D eigenvalue weighted by Crippen LogP contribution is -2.31. The molecule has 29 heavy (non-hydrogen) atoms. The van der Waals surface area contributed by atoms with Gasteiger partial charge < -0.3 is 5.32 Å². The standard InChI is InChI=1S/C18H17F3N4O4/c19-18(20,21)13-8-9-14(15(11-13)25(28)29)23-24-16(26)7-4-10-22-17(27)12-5-2-1-3-6-12/h1-3,5-6,8-9,11,23H,4,7,10H2,(H,22,27)(H,24,26). The van der Waals surface area contributed by atoms with E-state index in [1.54, 1.807) is 30.3 Å². The van der Waals surface area contributed by atoms with Crippen molar-refractivity contribution in [2.24, 2.45) is 0 Å². The van der Waals surface area contributed by atoms with Crippen LogP contribution < -0.4 is 16.2 Å². The second kappa shape index (κ2) is 9.53. The summed E-state index contributed by atoms with van der Waals surface area (Å²) < 4.78 is 38.0. The first-order chi connectivity index (χ1) is 13.7. The molecule has 11 heteroatoms. The van der Waals surface area contributed by atoms with E-state index >= 15 is 0 Å². The minimum Gasteiger partial charge on any atom is -0.352 e. The summed E-state index contributed by atoms with van der Waals surface area (Å²) in [7, 11) is 0. The van der Waals surface area contributed by atoms with E-state index in [4.69, 9.17) is 0 Å². The van der Waals surface area contributed by atoms with Gasteiger partial charge in [0, 0.05) is 24.6 Å². The van der Waals surface area contributed by atoms with E-state index in [1.807, 2.05) is 0 Å². The Labute approximate surface area is 163 Å². The van der Waals surface area contributed by atoms with Crippen LogP contribution in [0.4, 0.5) is 24.5 Å². The topological polar surface area (TPSA) is 113 Å². The third-order valence-electron chi connectivity index (χ3n) is 3.76. The highest BCUT2D eigenvalue weighted by Crippen LogP contribution is 2.34. The molecule has 2 aromatic rings. The first-order valence-electron chi connectivity index (χ1n) is 8.42. The third-order valence-corrected chi connectivity index (χ3v) is 3.76. The number of nitro groups is 1. The molecule has 2 amide bonds. The van der Waals surface area contributed by atoms with Gasteiger partial charge in [0.25, 0.3) is 11.6 Å². The van der Waals surface area contributed by atoms with Crippen LogP contribution in [-0.4, -0.2) is 23.3 Å². The molecular weight excluding hydrogens is 393 g/mol. The van der Waals surface area contributed by atoms with E-state index in [-0.39, 0.29) is 24.6 Å². The lowest BCUT2D eigenvalue weighted by molar-refractivity contribution is -0.384. The van der Waals surface area contributed by atoms with Crippen molar-refractivity contribution in [3.05, 3.63) is 69.8 Å². The molecule has 0 aliphatic carbocycles. The highest BCUT2D eigenvalue weighted by Gasteiger charge is 2.33. The molecule has 0 unspecified atom stereocenters. The van der Waals surface area contributed by atoms with Crippen LogP contribution in [0.5, 0.6) is 0 Å². The van der Waals surface area contributed by atoms with Crippen LogP contribution in [0.15, 0.2) is 48.5 Å². The van der Waals surface area contributed by atoms with E-state index in [0.717, 1.165) is 6.07 Å². The van der Waals surface area contributed by atoms with Crippen LogP contribution in [0.3, 0.4) is 0 Å². The zero-order chi connectivity index (χ0) is 21.4. The molecule has 3 N–H and O–H groups in total. The number of benzene rings is 2. The van der Waals surface area contributed by atoms with Gasteiger partial charge in [0.2, 0.25) is 5.91 Å². The van der Waals surface area contributed by atoms with Crippen LogP contribution in [-0.2, 0) is 11.0 Å². The number of amides is 2. The zero-order valence-electron chi connectivity index (χ0n) is 15.0. The number of rotatable bonds is 8. The Morgan fingerprint density at radius 3 is 2.38 bits per heavy atom. The second-order valence-electron chi connectivity index (χ2n) is 5.89. The Kier molecular flexibility index (Phi) is 7.12. The van der Waals surface area contributed by atoms with E-state index in [1.165, 1.54) is 0 Å². The summed E-state index contributed by atoms with van der Waals surface area (Å²) >= 11 is 0. The molecule has 0 fully saturated rings. The van der Waals surface area contributed by atoms with E-state index in [2.05, 4.69) is 16.2 Å². The van der Waals surface area contributed by atoms with Crippen molar-refractivity contribution >= 4 is 23.2 Å². The first kappa shape index (κ1) is 21.7. The maximum absolute atomic E-state index is 12.7. The molecule has 8 nitrogen and oxygen atoms in total. The van der Waals surface area contributed by atoms with Crippen molar-refractivity contribution in [2.45, 2.75) is 19.0 Å². The maximum Gasteiger partial charge on any atom is 0.416 e. The molecule has 0 radical (unpaired) electrons. The molecule has 0 atom stereocenters. The van der Waals surface area contributed by atoms with Crippen LogP contribution in [0.2, 0.25) is 0 Å². The molecule has 0 spiro atoms. The fraction of sp³-hybridized carbons (Fsp3) is 0.222. The average molecular weight is 410 g/mol. The number of anilines is 1. The van der Waals surface area contributed by atoms with Crippen molar-refractivity contribution in [1.29, 1.82) is 0 Å². The fourth-order valence-corrected chi connectivity index (χ4v) is 2.31. The molecule has 0 heterocycles. The highest BCUT2D eigenvalue weighted by molar-refractivity contribution is 5.94. The summed E-state index contributed by atoms with van der Waals surface area (Å²) in [5.41, 5.74) is 2.64. The minimum atomic E-state index is -4.73. The normalized spacial score (nSPS) is 10.9. The third kappa shape index (κ3) is 6.48. The van der Waals surface area contributed by atoms with Gasteiger partial charge >= 0.3 is 6.18 Å². The largest absolute Gasteiger partial charge is 0.416 e. The van der Waals surface area contributed by atoms with E-state index in [0.29, 0.717) is 24.1 Å². The highest BCUT2D eigenvalue weighted by atomic mass is 19.4. The van der Waals surface area contributed by atoms with Crippen LogP contribution >= 0.6 is 0 Å². The number of nitro benzene ring substituents is 1. The number of alkyl halides is 3. The predicted octanol–water partition coefficient (Wildman–Crippen LogP) is 3.27. The molecule has 0 bridgehead atoms. The molecule has 0 aliphatic heterocycles. The molecule has 0 saturated heterocycles. The van der Waals surface area contributed by atoms with Gasteiger partial charge in [-0.1, -0.05) is 18.2 Å². The van der Waals surface area contributed by atoms with Gasteiger partial charge in [0.1, 0.15) is 5.69 Å². The smallest absolute Gasteiger partial charge is 0.352 e. The van der Waals surface area contributed by atoms with Gasteiger partial charge in [-0.3, -0.25) is 30.6 Å². The molecular formula is C18H17F3N4O4. The van der Waals surface area contributed by atoms with Crippen molar-refractivity contribution in [2.75, 3.05) is 12.0 Å². The van der Waals surface area contributed by atoms with E-state index < -0.39 is 28.3 Å². The Morgan fingerprint density at radius 1 is 1.07 bits per heavy atom. The second-order valence-corrected chi connectivity index (χ2v) is 5.89. The van der Waals surface area contributed by atoms with Crippen molar-refractivity contribution in [1.82, 2.24) is 10.7 Å². The zero-order valence-corrected chi connectivity index (χ0v) is 15.0. The molecule has 2 aromatic carbocycles. The first-order valence-corrected chi connectivity index (χ1v) is 8.42. The van der Waals surface area contributed by atoms with Gasteiger partial charge in [-0.15, -0.1) is 0 Å². The monoisotopic (exact) mass is 410 g/mol. The number of nitrogens with one attached hydrogen (secondary N) is 3. The lowest BCUT2D eigenvalue weighted by Gasteiger charge is -2.11. The summed E-state index contributed by atoms with van der Waals surface area (Å²) in [5.74, 6) is -0.835. The van der Waals surface area contributed by atoms with Crippen molar-refractivity contribution in [3.8, 4) is 0 Å². The van der Waals surface area contributed by atoms with Crippen LogP contribution in [0.1, 0.15) is 28.8 Å². The summed E-state index contributed by atoms with van der Waals surface area (Å²) in [6.45, 7) is 0.224. The summed E-state index contributed by atoms with van der Waals surface area (Å²) in [6.07, 6.45) is -4.45. The predicted molar refractivity (Wildman–Crippen MR) is 97.9 cm³/mol. The van der Waals surface area contributed by atoms with Gasteiger partial charge in [-0.2, -0.15) is 13.2 Å². The Morgan fingerprint density at radius 2 is 1.76 bits per heavy atom. The molecule has 0 saturated carbocycles. The number of nitrogens with zero attached hydrogens (tertiary/aromatic N) is 1. The summed E-state index contributed by atoms with van der Waals surface area (Å²) in [5, 5.41) is 13.6. The fourth-order valence-electron chi connectivity index (χ4n) is 2.31. The maximum atomic E-state index is 12.7. The number of hydrazine groups is 1. The van der Waals surface area contributed by atoms with Gasteiger partial charge in [-0.25, -0.2) is 0 Å². The number of halogens is 3. The lowest BCUT2D eigenvalue weighted by atomic mass is 10.1. The van der Waals surface area contributed by atoms with Gasteiger partial charge in [0.05, 0.1) is 10.5 Å². The summed E-state index contributed by atoms with van der Waals surface area (Å²) in [6, 6.07) is 10.4. The van der Waals surface area contributed by atoms with Crippen molar-refractivity contribution < 1.29 is 27.7 Å². The number of hydrogen-bond acceptors (Lipinski definition) is 5. The average Bonchev–Trinajstić information content (AvgIpc) is 2.69. The SMILES string of the molecule is O=C(CCCNC(=O)c1ccccc1)NNc1ccc(C(F)(F)F)cc1[N+](=O)[O-]. The Hall–Kier alpha value is -3.63. The minimum absolute atomic E-state index is 0.0174. The Balaban J connectivity index is 1.81. The van der Waals surface area contributed by atoms with Crippen molar-refractivity contribution in [3.63, 3.8) is 0 Å². The quantitative estimate of drug-likeness (QED) is 0.351. The molecule has 154 valence electrons. The summed E-state index contributed by atoms with van der Waals surface area (Å²) in [4.78, 5) is 33.6. The van der Waals surface area contributed by atoms with Gasteiger partial charge in [-0.05, 0) is 30.7 Å². The van der Waals surface area contributed by atoms with E-state index in [9.17, 15) is 32.9 Å².